The van der Waals surface area contributed by atoms with Crippen LogP contribution in [0, 0.1) is 18.6 Å². The number of carbonyl (C=O) groups excluding carboxylic acids is 2. The Kier molecular flexibility index (Phi) is 6.52. The molecule has 0 saturated heterocycles. The summed E-state index contributed by atoms with van der Waals surface area (Å²) in [5.74, 6) is -3.53. The number of hydrogen-bond acceptors (Lipinski definition) is 6. The highest BCUT2D eigenvalue weighted by Crippen LogP contribution is 2.36. The molecule has 2 amide bonds. The van der Waals surface area contributed by atoms with E-state index in [0.717, 1.165) is 25.8 Å². The van der Waals surface area contributed by atoms with Crippen molar-refractivity contribution in [3.05, 3.63) is 87.0 Å². The molecular weight excluding hydrogens is 528 g/mol. The topological polar surface area (TPSA) is 99.8 Å². The third-order valence-corrected chi connectivity index (χ3v) is 8.01. The van der Waals surface area contributed by atoms with E-state index in [1.165, 1.54) is 22.1 Å². The van der Waals surface area contributed by atoms with Gasteiger partial charge >= 0.3 is 0 Å². The summed E-state index contributed by atoms with van der Waals surface area (Å²) >= 11 is 9.01. The van der Waals surface area contributed by atoms with Crippen LogP contribution in [0.5, 0.6) is 0 Å². The molecule has 0 spiro atoms. The van der Waals surface area contributed by atoms with Gasteiger partial charge in [0, 0.05) is 15.6 Å². The Labute approximate surface area is 216 Å². The number of anilines is 1. The summed E-state index contributed by atoms with van der Waals surface area (Å²) in [7, 11) is 0. The largest absolute Gasteiger partial charge is 0.346 e. The zero-order chi connectivity index (χ0) is 25.4. The van der Waals surface area contributed by atoms with Crippen LogP contribution in [0.25, 0.3) is 20.0 Å². The van der Waals surface area contributed by atoms with Crippen LogP contribution in [0.3, 0.4) is 0 Å². The second-order valence-corrected chi connectivity index (χ2v) is 10.3. The number of halogens is 3. The van der Waals surface area contributed by atoms with Gasteiger partial charge in [0.15, 0.2) is 17.3 Å². The maximum atomic E-state index is 13.5. The lowest BCUT2D eigenvalue weighted by molar-refractivity contribution is 0.0945. The maximum Gasteiger partial charge on any atom is 0.272 e. The number of H-pyrrole nitrogens is 1. The molecule has 36 heavy (non-hydrogen) atoms. The highest BCUT2D eigenvalue weighted by molar-refractivity contribution is 7.25. The molecule has 0 bridgehead atoms. The average Bonchev–Trinajstić information content (AvgIpc) is 3.58. The number of aromatic amines is 1. The van der Waals surface area contributed by atoms with Crippen molar-refractivity contribution in [2.45, 2.75) is 13.5 Å². The molecule has 0 aliphatic rings. The van der Waals surface area contributed by atoms with E-state index in [0.29, 0.717) is 12.1 Å². The van der Waals surface area contributed by atoms with Crippen LogP contribution in [0.4, 0.5) is 14.6 Å². The number of amides is 2. The molecule has 0 unspecified atom stereocenters. The first-order chi connectivity index (χ1) is 17.3. The third kappa shape index (κ3) is 4.85. The summed E-state index contributed by atoms with van der Waals surface area (Å²) < 4.78 is 27.9. The van der Waals surface area contributed by atoms with Gasteiger partial charge < -0.3 is 10.6 Å². The minimum absolute atomic E-state index is 0.0357. The molecule has 5 aromatic rings. The van der Waals surface area contributed by atoms with Crippen LogP contribution in [0.1, 0.15) is 31.4 Å². The zero-order valence-corrected chi connectivity index (χ0v) is 20.9. The van der Waals surface area contributed by atoms with E-state index in [1.54, 1.807) is 11.3 Å². The number of carbonyl (C=O) groups is 2. The molecule has 0 fully saturated rings. The first kappa shape index (κ1) is 24.0. The fraction of sp³-hybridized carbons (Fsp3) is 0.0833. The normalized spacial score (nSPS) is 11.1. The standard InChI is InChI=1S/C24H16ClF2N5O2S2/c1-11-20(36-24(29-11)19-6-12-4-2-3-5-18(12)35-19)10-28-23(34)17-9-21(32-31-17)30-22(33)13-7-15(26)16(27)8-14(13)25/h2-9H,10H2,1H3,(H,28,34)(H2,30,31,32,33). The van der Waals surface area contributed by atoms with Gasteiger partial charge in [0.05, 0.1) is 27.7 Å². The number of thiazole rings is 1. The van der Waals surface area contributed by atoms with E-state index in [9.17, 15) is 18.4 Å². The van der Waals surface area contributed by atoms with Gasteiger partial charge in [-0.2, -0.15) is 5.10 Å². The molecule has 0 atom stereocenters. The Morgan fingerprint density at radius 1 is 1.06 bits per heavy atom. The van der Waals surface area contributed by atoms with Gasteiger partial charge in [-0.15, -0.1) is 22.7 Å². The Bertz CT molecular complexity index is 1600. The van der Waals surface area contributed by atoms with Crippen LogP contribution in [-0.2, 0) is 6.54 Å². The summed E-state index contributed by atoms with van der Waals surface area (Å²) in [6.07, 6.45) is 0. The number of benzene rings is 2. The van der Waals surface area contributed by atoms with Crippen LogP contribution < -0.4 is 10.6 Å². The lowest BCUT2D eigenvalue weighted by Gasteiger charge is -2.05. The molecule has 0 radical (unpaired) electrons. The molecule has 0 saturated carbocycles. The number of nitrogens with zero attached hydrogens (tertiary/aromatic N) is 2. The van der Waals surface area contributed by atoms with Crippen LogP contribution >= 0.6 is 34.3 Å². The molecule has 2 aromatic carbocycles. The summed E-state index contributed by atoms with van der Waals surface area (Å²) in [6.45, 7) is 2.15. The van der Waals surface area contributed by atoms with E-state index < -0.39 is 23.4 Å². The predicted octanol–water partition coefficient (Wildman–Crippen LogP) is 6.17. The van der Waals surface area contributed by atoms with Crippen LogP contribution in [-0.4, -0.2) is 27.0 Å². The van der Waals surface area contributed by atoms with Gasteiger partial charge in [0.2, 0.25) is 0 Å². The molecule has 7 nitrogen and oxygen atoms in total. The fourth-order valence-corrected chi connectivity index (χ4v) is 5.77. The van der Waals surface area contributed by atoms with Crippen LogP contribution in [0.2, 0.25) is 5.02 Å². The molecule has 182 valence electrons. The van der Waals surface area contributed by atoms with Crippen molar-refractivity contribution >= 4 is 62.0 Å². The van der Waals surface area contributed by atoms with Crippen molar-refractivity contribution in [2.24, 2.45) is 0 Å². The highest BCUT2D eigenvalue weighted by Gasteiger charge is 2.18. The number of fused-ring (bicyclic) bond motifs is 1. The smallest absolute Gasteiger partial charge is 0.272 e. The van der Waals surface area contributed by atoms with Crippen molar-refractivity contribution in [3.8, 4) is 9.88 Å². The van der Waals surface area contributed by atoms with E-state index >= 15 is 0 Å². The second kappa shape index (κ2) is 9.76. The second-order valence-electron chi connectivity index (χ2n) is 7.73. The summed E-state index contributed by atoms with van der Waals surface area (Å²) in [4.78, 5) is 31.6. The number of nitrogens with one attached hydrogen (secondary N) is 3. The monoisotopic (exact) mass is 543 g/mol. The van der Waals surface area contributed by atoms with E-state index in [4.69, 9.17) is 11.6 Å². The first-order valence-electron chi connectivity index (χ1n) is 10.5. The molecule has 3 aromatic heterocycles. The van der Waals surface area contributed by atoms with Crippen molar-refractivity contribution in [3.63, 3.8) is 0 Å². The number of hydrogen-bond donors (Lipinski definition) is 3. The molecule has 3 heterocycles. The number of aromatic nitrogens is 3. The Hall–Kier alpha value is -3.67. The quantitative estimate of drug-likeness (QED) is 0.223. The molecule has 0 aliphatic heterocycles. The van der Waals surface area contributed by atoms with E-state index in [-0.39, 0.29) is 28.6 Å². The highest BCUT2D eigenvalue weighted by atomic mass is 35.5. The van der Waals surface area contributed by atoms with Crippen molar-refractivity contribution in [2.75, 3.05) is 5.32 Å². The average molecular weight is 544 g/mol. The Balaban J connectivity index is 1.23. The number of aryl methyl sites for hydroxylation is 1. The first-order valence-corrected chi connectivity index (χ1v) is 12.5. The van der Waals surface area contributed by atoms with Gasteiger partial charge in [-0.05, 0) is 36.6 Å². The van der Waals surface area contributed by atoms with Gasteiger partial charge in [0.1, 0.15) is 10.8 Å². The van der Waals surface area contributed by atoms with Gasteiger partial charge in [0.25, 0.3) is 11.8 Å². The summed E-state index contributed by atoms with van der Waals surface area (Å²) in [5, 5.41) is 13.4. The van der Waals surface area contributed by atoms with Crippen molar-refractivity contribution < 1.29 is 18.4 Å². The minimum atomic E-state index is -1.21. The van der Waals surface area contributed by atoms with E-state index in [1.807, 2.05) is 19.1 Å². The molecule has 5 rings (SSSR count). The lowest BCUT2D eigenvalue weighted by atomic mass is 10.2. The van der Waals surface area contributed by atoms with Gasteiger partial charge in [-0.3, -0.25) is 14.7 Å². The Morgan fingerprint density at radius 3 is 2.64 bits per heavy atom. The molecule has 0 aliphatic carbocycles. The minimum Gasteiger partial charge on any atom is -0.346 e. The number of rotatable bonds is 6. The summed E-state index contributed by atoms with van der Waals surface area (Å²) in [6, 6.07) is 13.0. The SMILES string of the molecule is Cc1nc(-c2cc3ccccc3s2)sc1CNC(=O)c1cc(NC(=O)c2cc(F)c(F)cc2Cl)[nH]n1. The number of thiophene rings is 1. The van der Waals surface area contributed by atoms with Crippen molar-refractivity contribution in [1.82, 2.24) is 20.5 Å². The predicted molar refractivity (Wildman–Crippen MR) is 137 cm³/mol. The molecule has 3 N–H and O–H groups in total. The zero-order valence-electron chi connectivity index (χ0n) is 18.5. The van der Waals surface area contributed by atoms with Gasteiger partial charge in [-0.25, -0.2) is 13.8 Å². The molecule has 12 heteroatoms. The van der Waals surface area contributed by atoms with Crippen molar-refractivity contribution in [1.29, 1.82) is 0 Å². The third-order valence-electron chi connectivity index (χ3n) is 5.25. The maximum absolute atomic E-state index is 13.5. The molecular formula is C24H16ClF2N5O2S2. The summed E-state index contributed by atoms with van der Waals surface area (Å²) in [5.41, 5.74) is 0.603. The lowest BCUT2D eigenvalue weighted by Crippen LogP contribution is -2.23. The van der Waals surface area contributed by atoms with E-state index in [2.05, 4.69) is 44.0 Å². The Morgan fingerprint density at radius 2 is 1.83 bits per heavy atom. The van der Waals surface area contributed by atoms with Gasteiger partial charge in [-0.1, -0.05) is 29.8 Å². The fourth-order valence-electron chi connectivity index (χ4n) is 3.42. The van der Waals surface area contributed by atoms with Crippen LogP contribution in [0.15, 0.2) is 48.5 Å².